The normalized spacial score (nSPS) is 11.8. The molecule has 26 heavy (non-hydrogen) atoms. The lowest BCUT2D eigenvalue weighted by Gasteiger charge is -2.11. The van der Waals surface area contributed by atoms with Crippen LogP contribution in [0.25, 0.3) is 33.7 Å². The van der Waals surface area contributed by atoms with Crippen LogP contribution in [0, 0.1) is 20.8 Å². The van der Waals surface area contributed by atoms with Crippen molar-refractivity contribution in [3.63, 3.8) is 0 Å². The van der Waals surface area contributed by atoms with Crippen molar-refractivity contribution < 1.29 is 4.57 Å². The van der Waals surface area contributed by atoms with E-state index in [0.29, 0.717) is 0 Å². The molecule has 0 atom stereocenters. The van der Waals surface area contributed by atoms with Gasteiger partial charge < -0.3 is 0 Å². The Kier molecular flexibility index (Phi) is 3.02. The molecule has 0 fully saturated rings. The van der Waals surface area contributed by atoms with Crippen LogP contribution < -0.4 is 4.57 Å². The summed E-state index contributed by atoms with van der Waals surface area (Å²) in [6.07, 6.45) is 2.08. The molecule has 0 saturated carbocycles. The smallest absolute Gasteiger partial charge is 0.256 e. The van der Waals surface area contributed by atoms with E-state index >= 15 is 0 Å². The van der Waals surface area contributed by atoms with Crippen LogP contribution >= 0.6 is 0 Å². The third-order valence-corrected chi connectivity index (χ3v) is 5.30. The molecule has 4 heteroatoms. The molecule has 3 heterocycles. The van der Waals surface area contributed by atoms with Crippen LogP contribution in [0.1, 0.15) is 16.7 Å². The summed E-state index contributed by atoms with van der Waals surface area (Å²) in [5, 5.41) is 0. The van der Waals surface area contributed by atoms with Crippen LogP contribution in [0.4, 0.5) is 0 Å². The van der Waals surface area contributed by atoms with E-state index in [4.69, 9.17) is 4.98 Å². The van der Waals surface area contributed by atoms with E-state index in [2.05, 4.69) is 90.0 Å². The molecule has 0 bridgehead atoms. The first-order valence-corrected chi connectivity index (χ1v) is 8.91. The number of pyridine rings is 1. The van der Waals surface area contributed by atoms with Crippen molar-refractivity contribution >= 4 is 28.0 Å². The van der Waals surface area contributed by atoms with E-state index < -0.39 is 0 Å². The molecule has 0 saturated heterocycles. The van der Waals surface area contributed by atoms with Gasteiger partial charge in [0.1, 0.15) is 0 Å². The van der Waals surface area contributed by atoms with Crippen molar-refractivity contribution in [2.75, 3.05) is 0 Å². The van der Waals surface area contributed by atoms with Crippen molar-refractivity contribution in [1.29, 1.82) is 0 Å². The van der Waals surface area contributed by atoms with E-state index in [1.54, 1.807) is 0 Å². The van der Waals surface area contributed by atoms with E-state index in [1.165, 1.54) is 33.4 Å². The number of nitrogens with zero attached hydrogens (tertiary/aromatic N) is 4. The lowest BCUT2D eigenvalue weighted by molar-refractivity contribution is -0.647. The second-order valence-electron chi connectivity index (χ2n) is 7.09. The summed E-state index contributed by atoms with van der Waals surface area (Å²) in [6.45, 7) is 6.51. The SMILES string of the molecule is Cc1cccc(C)c1-n1c2cccc(C)c2n2c1nc1ccc[n+](C)c12. The highest BCUT2D eigenvalue weighted by atomic mass is 15.2. The van der Waals surface area contributed by atoms with Gasteiger partial charge in [-0.05, 0) is 55.7 Å². The van der Waals surface area contributed by atoms with Gasteiger partial charge in [-0.15, -0.1) is 0 Å². The highest BCUT2D eigenvalue weighted by Crippen LogP contribution is 2.32. The summed E-state index contributed by atoms with van der Waals surface area (Å²) in [5.74, 6) is 0.962. The van der Waals surface area contributed by atoms with Crippen LogP contribution in [-0.2, 0) is 7.05 Å². The molecule has 0 unspecified atom stereocenters. The van der Waals surface area contributed by atoms with Gasteiger partial charge in [-0.2, -0.15) is 9.38 Å². The predicted octanol–water partition coefficient (Wildman–Crippen LogP) is 4.18. The molecule has 0 radical (unpaired) electrons. The molecule has 0 N–H and O–H groups in total. The minimum absolute atomic E-state index is 0.962. The monoisotopic (exact) mass is 341 g/mol. The number of benzene rings is 2. The topological polar surface area (TPSA) is 26.1 Å². The van der Waals surface area contributed by atoms with Crippen LogP contribution in [0.15, 0.2) is 54.7 Å². The zero-order valence-corrected chi connectivity index (χ0v) is 15.5. The first-order valence-electron chi connectivity index (χ1n) is 8.91. The fourth-order valence-corrected chi connectivity index (χ4v) is 4.16. The largest absolute Gasteiger partial charge is 0.315 e. The van der Waals surface area contributed by atoms with Gasteiger partial charge in [-0.1, -0.05) is 30.3 Å². The molecule has 0 aliphatic carbocycles. The van der Waals surface area contributed by atoms with Crippen molar-refractivity contribution in [3.05, 3.63) is 71.4 Å². The summed E-state index contributed by atoms with van der Waals surface area (Å²) in [5.41, 5.74) is 9.51. The summed E-state index contributed by atoms with van der Waals surface area (Å²) in [4.78, 5) is 5.02. The molecular weight excluding hydrogens is 320 g/mol. The van der Waals surface area contributed by atoms with E-state index in [9.17, 15) is 0 Å². The van der Waals surface area contributed by atoms with Crippen LogP contribution in [0.2, 0.25) is 0 Å². The van der Waals surface area contributed by atoms with Crippen molar-refractivity contribution in [2.45, 2.75) is 20.8 Å². The second kappa shape index (κ2) is 5.18. The zero-order valence-electron chi connectivity index (χ0n) is 15.5. The number of hydrogen-bond acceptors (Lipinski definition) is 1. The average Bonchev–Trinajstić information content (AvgIpc) is 3.11. The predicted molar refractivity (Wildman–Crippen MR) is 105 cm³/mol. The first-order chi connectivity index (χ1) is 12.6. The standard InChI is InChI=1S/C22H21N4/c1-14-8-5-9-15(2)19(14)25-18-12-6-10-16(3)20(18)26-21-17(23-22(25)26)11-7-13-24(21)4/h5-13H,1-4H3/q+1. The number of aryl methyl sites for hydroxylation is 4. The Morgan fingerprint density at radius 2 is 1.54 bits per heavy atom. The Labute approximate surface area is 151 Å². The van der Waals surface area contributed by atoms with Crippen LogP contribution in [0.3, 0.4) is 0 Å². The zero-order chi connectivity index (χ0) is 18.0. The fourth-order valence-electron chi connectivity index (χ4n) is 4.16. The number of hydrogen-bond donors (Lipinski definition) is 0. The molecule has 0 aliphatic rings. The van der Waals surface area contributed by atoms with Gasteiger partial charge in [0.2, 0.25) is 0 Å². The quantitative estimate of drug-likeness (QED) is 0.420. The van der Waals surface area contributed by atoms with Gasteiger partial charge in [-0.25, -0.2) is 4.57 Å². The maximum absolute atomic E-state index is 5.02. The van der Waals surface area contributed by atoms with E-state index in [1.807, 2.05) is 6.07 Å². The molecular formula is C22H21N4+. The van der Waals surface area contributed by atoms with E-state index in [0.717, 1.165) is 16.9 Å². The minimum Gasteiger partial charge on any atom is -0.256 e. The molecule has 2 aromatic carbocycles. The fraction of sp³-hybridized carbons (Fsp3) is 0.182. The molecule has 0 spiro atoms. The summed E-state index contributed by atoms with van der Waals surface area (Å²) < 4.78 is 6.76. The summed E-state index contributed by atoms with van der Waals surface area (Å²) in [6, 6.07) is 17.1. The first kappa shape index (κ1) is 15.1. The van der Waals surface area contributed by atoms with Gasteiger partial charge in [0.05, 0.1) is 24.4 Å². The van der Waals surface area contributed by atoms with Gasteiger partial charge >= 0.3 is 11.4 Å². The Morgan fingerprint density at radius 3 is 2.31 bits per heavy atom. The lowest BCUT2D eigenvalue weighted by atomic mass is 10.1. The molecule has 0 aliphatic heterocycles. The van der Waals surface area contributed by atoms with Crippen molar-refractivity contribution in [1.82, 2.24) is 14.0 Å². The van der Waals surface area contributed by atoms with Crippen LogP contribution in [0.5, 0.6) is 0 Å². The number of aromatic nitrogens is 4. The maximum Gasteiger partial charge on any atom is 0.315 e. The van der Waals surface area contributed by atoms with Gasteiger partial charge in [0, 0.05) is 0 Å². The highest BCUT2D eigenvalue weighted by molar-refractivity contribution is 5.91. The lowest BCUT2D eigenvalue weighted by Crippen LogP contribution is -2.29. The molecule has 0 amide bonds. The van der Waals surface area contributed by atoms with E-state index in [-0.39, 0.29) is 0 Å². The molecule has 3 aromatic heterocycles. The number of para-hydroxylation sites is 2. The molecule has 128 valence electrons. The third-order valence-electron chi connectivity index (χ3n) is 5.30. The Balaban J connectivity index is 2.12. The van der Waals surface area contributed by atoms with Gasteiger partial charge in [0.25, 0.3) is 0 Å². The maximum atomic E-state index is 5.02. The molecule has 4 nitrogen and oxygen atoms in total. The third kappa shape index (κ3) is 1.84. The highest BCUT2D eigenvalue weighted by Gasteiger charge is 2.26. The summed E-state index contributed by atoms with van der Waals surface area (Å²) in [7, 11) is 2.08. The Morgan fingerprint density at radius 1 is 0.846 bits per heavy atom. The summed E-state index contributed by atoms with van der Waals surface area (Å²) >= 11 is 0. The Hall–Kier alpha value is -3.14. The molecule has 5 rings (SSSR count). The van der Waals surface area contributed by atoms with Gasteiger partial charge in [-0.3, -0.25) is 4.57 Å². The number of rotatable bonds is 1. The Bertz CT molecular complexity index is 1300. The second-order valence-corrected chi connectivity index (χ2v) is 7.09. The van der Waals surface area contributed by atoms with Crippen LogP contribution in [-0.4, -0.2) is 14.0 Å². The van der Waals surface area contributed by atoms with Gasteiger partial charge in [0.15, 0.2) is 11.0 Å². The van der Waals surface area contributed by atoms with Crippen molar-refractivity contribution in [2.24, 2.45) is 7.05 Å². The molecule has 5 aromatic rings. The average molecular weight is 341 g/mol. The number of imidazole rings is 2. The van der Waals surface area contributed by atoms with Crippen molar-refractivity contribution in [3.8, 4) is 5.69 Å². The number of fused-ring (bicyclic) bond motifs is 5. The minimum atomic E-state index is 0.962.